The number of allylic oxidation sites excluding steroid dienone is 1. The molecule has 0 fully saturated rings. The average Bonchev–Trinajstić information content (AvgIpc) is 3.23. The van der Waals surface area contributed by atoms with Gasteiger partial charge in [-0.1, -0.05) is 6.08 Å². The summed E-state index contributed by atoms with van der Waals surface area (Å²) in [4.78, 5) is 37.6. The quantitative estimate of drug-likeness (QED) is 0.420. The number of hydrogen-bond acceptors (Lipinski definition) is 8. The molecule has 2 aromatic rings. The van der Waals surface area contributed by atoms with Gasteiger partial charge in [0.2, 0.25) is 0 Å². The number of fused-ring (bicyclic) bond motifs is 1. The normalized spacial score (nSPS) is 17.0. The lowest BCUT2D eigenvalue weighted by Gasteiger charge is -2.30. The fraction of sp³-hybridized carbons (Fsp3) is 0.548. The Kier molecular flexibility index (Phi) is 8.71. The molecule has 4 heterocycles. The standard InChI is InChI=1S/C31H42FN5O5/c1-18-16-21(36(9)28(38)41-30(3,4)5)17-23(33-18)35-27-25(32)24(26-22(34-27)13-15-40-26)20-11-10-19(2)37(14-12-20)29(39)42-31(6,7)8/h12,16-17,19H,10-11,13-15H2,1-9H3,(H,33,34,35). The van der Waals surface area contributed by atoms with Crippen LogP contribution in [0.25, 0.3) is 5.57 Å². The molecule has 11 heteroatoms. The molecule has 0 radical (unpaired) electrons. The Morgan fingerprint density at radius 1 is 1.10 bits per heavy atom. The second-order valence-electron chi connectivity index (χ2n) is 12.8. The summed E-state index contributed by atoms with van der Waals surface area (Å²) in [6.07, 6.45) is 2.67. The van der Waals surface area contributed by atoms with Crippen LogP contribution in [-0.4, -0.2) is 64.5 Å². The Balaban J connectivity index is 1.66. The van der Waals surface area contributed by atoms with Gasteiger partial charge in [-0.3, -0.25) is 4.90 Å². The summed E-state index contributed by atoms with van der Waals surface area (Å²) in [5.41, 5.74) is 1.63. The fourth-order valence-corrected chi connectivity index (χ4v) is 4.82. The predicted molar refractivity (Wildman–Crippen MR) is 160 cm³/mol. The second kappa shape index (κ2) is 11.8. The topological polar surface area (TPSA) is 106 Å². The van der Waals surface area contributed by atoms with Gasteiger partial charge in [0.05, 0.1) is 23.6 Å². The molecule has 0 saturated heterocycles. The number of pyridine rings is 2. The summed E-state index contributed by atoms with van der Waals surface area (Å²) < 4.78 is 33.3. The molecule has 2 aliphatic rings. The van der Waals surface area contributed by atoms with Gasteiger partial charge in [-0.15, -0.1) is 0 Å². The van der Waals surface area contributed by atoms with Crippen molar-refractivity contribution in [3.63, 3.8) is 0 Å². The first-order valence-corrected chi connectivity index (χ1v) is 14.3. The lowest BCUT2D eigenvalue weighted by atomic mass is 9.98. The van der Waals surface area contributed by atoms with Crippen molar-refractivity contribution in [3.05, 3.63) is 41.0 Å². The molecule has 2 aliphatic heterocycles. The maximum Gasteiger partial charge on any atom is 0.414 e. The number of halogens is 1. The number of ether oxygens (including phenoxy) is 3. The summed E-state index contributed by atoms with van der Waals surface area (Å²) in [5, 5.41) is 3.04. The van der Waals surface area contributed by atoms with E-state index in [1.54, 1.807) is 51.8 Å². The number of nitrogens with zero attached hydrogens (tertiary/aromatic N) is 4. The molecular formula is C31H42FN5O5. The van der Waals surface area contributed by atoms with Crippen molar-refractivity contribution < 1.29 is 28.2 Å². The van der Waals surface area contributed by atoms with Crippen LogP contribution < -0.4 is 15.0 Å². The molecule has 0 saturated carbocycles. The van der Waals surface area contributed by atoms with Gasteiger partial charge in [0.25, 0.3) is 0 Å². The fourth-order valence-electron chi connectivity index (χ4n) is 4.82. The van der Waals surface area contributed by atoms with E-state index in [9.17, 15) is 9.59 Å². The molecule has 0 bridgehead atoms. The van der Waals surface area contributed by atoms with Crippen LogP contribution in [0.2, 0.25) is 0 Å². The van der Waals surface area contributed by atoms with Gasteiger partial charge in [0, 0.05) is 37.8 Å². The molecule has 0 aromatic carbocycles. The van der Waals surface area contributed by atoms with Gasteiger partial charge in [-0.2, -0.15) is 0 Å². The summed E-state index contributed by atoms with van der Waals surface area (Å²) in [7, 11) is 1.61. The van der Waals surface area contributed by atoms with E-state index in [1.807, 2.05) is 33.8 Å². The Labute approximate surface area is 247 Å². The maximum atomic E-state index is 16.3. The first-order chi connectivity index (χ1) is 19.5. The minimum atomic E-state index is -0.654. The third kappa shape index (κ3) is 7.30. The first kappa shape index (κ1) is 31.1. The molecule has 4 rings (SSSR count). The van der Waals surface area contributed by atoms with Gasteiger partial charge in [-0.25, -0.2) is 23.9 Å². The van der Waals surface area contributed by atoms with Crippen LogP contribution in [0.15, 0.2) is 18.2 Å². The first-order valence-electron chi connectivity index (χ1n) is 14.3. The van der Waals surface area contributed by atoms with Gasteiger partial charge in [0.1, 0.15) is 17.0 Å². The lowest BCUT2D eigenvalue weighted by molar-refractivity contribution is 0.0201. The van der Waals surface area contributed by atoms with Crippen molar-refractivity contribution in [1.82, 2.24) is 14.9 Å². The largest absolute Gasteiger partial charge is 0.491 e. The smallest absolute Gasteiger partial charge is 0.414 e. The zero-order chi connectivity index (χ0) is 31.0. The summed E-state index contributed by atoms with van der Waals surface area (Å²) in [6.45, 7) is 15.3. The lowest BCUT2D eigenvalue weighted by Crippen LogP contribution is -2.41. The number of rotatable bonds is 4. The molecule has 2 amide bonds. The Morgan fingerprint density at radius 2 is 1.79 bits per heavy atom. The van der Waals surface area contributed by atoms with Crippen LogP contribution in [0, 0.1) is 12.7 Å². The monoisotopic (exact) mass is 583 g/mol. The number of aromatic nitrogens is 2. The molecule has 2 aromatic heterocycles. The highest BCUT2D eigenvalue weighted by Gasteiger charge is 2.32. The van der Waals surface area contributed by atoms with Gasteiger partial charge in [-0.05, 0) is 79.9 Å². The van der Waals surface area contributed by atoms with Crippen LogP contribution >= 0.6 is 0 Å². The maximum absolute atomic E-state index is 16.3. The van der Waals surface area contributed by atoms with E-state index >= 15 is 4.39 Å². The van der Waals surface area contributed by atoms with Crippen LogP contribution in [0.5, 0.6) is 5.75 Å². The Morgan fingerprint density at radius 3 is 2.45 bits per heavy atom. The molecule has 228 valence electrons. The van der Waals surface area contributed by atoms with Gasteiger partial charge in [0.15, 0.2) is 17.4 Å². The number of hydrogen-bond donors (Lipinski definition) is 1. The molecule has 0 spiro atoms. The molecule has 42 heavy (non-hydrogen) atoms. The van der Waals surface area contributed by atoms with E-state index in [0.29, 0.717) is 60.1 Å². The van der Waals surface area contributed by atoms with Crippen molar-refractivity contribution in [2.75, 3.05) is 30.4 Å². The molecule has 0 aliphatic carbocycles. The zero-order valence-corrected chi connectivity index (χ0v) is 26.1. The molecule has 1 atom stereocenters. The van der Waals surface area contributed by atoms with E-state index in [0.717, 1.165) is 5.57 Å². The van der Waals surface area contributed by atoms with Crippen molar-refractivity contribution >= 4 is 35.1 Å². The SMILES string of the molecule is Cc1cc(N(C)C(=O)OC(C)(C)C)cc(Nc2nc3c(c(C4=CCN(C(=O)OC(C)(C)C)C(C)CC4)c2F)OCC3)n1. The van der Waals surface area contributed by atoms with Crippen molar-refractivity contribution in [2.24, 2.45) is 0 Å². The summed E-state index contributed by atoms with van der Waals surface area (Å²) in [5.74, 6) is 0.215. The van der Waals surface area contributed by atoms with E-state index in [4.69, 9.17) is 14.2 Å². The minimum absolute atomic E-state index is 0.0143. The van der Waals surface area contributed by atoms with Crippen LogP contribution in [0.4, 0.5) is 31.3 Å². The van der Waals surface area contributed by atoms with E-state index in [2.05, 4.69) is 15.3 Å². The zero-order valence-electron chi connectivity index (χ0n) is 26.1. The summed E-state index contributed by atoms with van der Waals surface area (Å²) >= 11 is 0. The van der Waals surface area contributed by atoms with E-state index < -0.39 is 29.2 Å². The van der Waals surface area contributed by atoms with Crippen molar-refractivity contribution in [3.8, 4) is 5.75 Å². The Hall–Kier alpha value is -3.89. The number of amides is 2. The van der Waals surface area contributed by atoms with Gasteiger partial charge < -0.3 is 24.4 Å². The molecule has 10 nitrogen and oxygen atoms in total. The average molecular weight is 584 g/mol. The summed E-state index contributed by atoms with van der Waals surface area (Å²) in [6, 6.07) is 3.29. The number of anilines is 3. The second-order valence-corrected chi connectivity index (χ2v) is 12.8. The predicted octanol–water partition coefficient (Wildman–Crippen LogP) is 6.78. The Bertz CT molecular complexity index is 1400. The van der Waals surface area contributed by atoms with E-state index in [1.165, 1.54) is 4.90 Å². The van der Waals surface area contributed by atoms with Crippen LogP contribution in [0.1, 0.15) is 78.3 Å². The number of carbonyl (C=O) groups is 2. The molecular weight excluding hydrogens is 541 g/mol. The molecule has 1 N–H and O–H groups in total. The highest BCUT2D eigenvalue weighted by molar-refractivity contribution is 5.88. The number of nitrogens with one attached hydrogen (secondary N) is 1. The van der Waals surface area contributed by atoms with Crippen LogP contribution in [0.3, 0.4) is 0 Å². The number of aryl methyl sites for hydroxylation is 1. The molecule has 1 unspecified atom stereocenters. The number of carbonyl (C=O) groups excluding carboxylic acids is 2. The third-order valence-electron chi connectivity index (χ3n) is 6.83. The van der Waals surface area contributed by atoms with Crippen LogP contribution in [-0.2, 0) is 15.9 Å². The van der Waals surface area contributed by atoms with Crippen molar-refractivity contribution in [2.45, 2.75) is 91.9 Å². The third-order valence-corrected chi connectivity index (χ3v) is 6.83. The minimum Gasteiger partial charge on any atom is -0.491 e. The highest BCUT2D eigenvalue weighted by Crippen LogP contribution is 2.41. The van der Waals surface area contributed by atoms with E-state index in [-0.39, 0.29) is 18.4 Å². The van der Waals surface area contributed by atoms with Gasteiger partial charge >= 0.3 is 12.2 Å². The highest BCUT2D eigenvalue weighted by atomic mass is 19.1. The van der Waals surface area contributed by atoms with Crippen molar-refractivity contribution in [1.29, 1.82) is 0 Å².